The van der Waals surface area contributed by atoms with Crippen molar-refractivity contribution in [2.45, 2.75) is 39.7 Å². The Morgan fingerprint density at radius 2 is 1.71 bits per heavy atom. The number of urea groups is 1. The largest absolute Gasteiger partial charge is 0.322 e. The Balaban J connectivity index is 1.65. The third-order valence-corrected chi connectivity index (χ3v) is 7.60. The number of nitrogens with zero attached hydrogens (tertiary/aromatic N) is 4. The predicted molar refractivity (Wildman–Crippen MR) is 167 cm³/mol. The summed E-state index contributed by atoms with van der Waals surface area (Å²) in [5, 5.41) is 12.9. The van der Waals surface area contributed by atoms with E-state index < -0.39 is 6.04 Å². The lowest BCUT2D eigenvalue weighted by atomic mass is 10.1. The molecule has 0 aliphatic heterocycles. The van der Waals surface area contributed by atoms with Crippen LogP contribution in [0, 0.1) is 25.2 Å². The third kappa shape index (κ3) is 5.93. The second kappa shape index (κ2) is 12.5. The molecule has 42 heavy (non-hydrogen) atoms. The fraction of sp³-hybridized carbons (Fsp3) is 0.200. The van der Waals surface area contributed by atoms with E-state index in [4.69, 9.17) is 4.98 Å². The molecule has 1 heterocycles. The number of carbonyl (C=O) groups excluding carboxylic acids is 1. The van der Waals surface area contributed by atoms with Gasteiger partial charge in [-0.25, -0.2) is 9.78 Å². The maximum Gasteiger partial charge on any atom is 0.322 e. The van der Waals surface area contributed by atoms with Crippen molar-refractivity contribution in [3.05, 3.63) is 135 Å². The number of anilines is 1. The Hall–Kier alpha value is -5.22. The monoisotopic (exact) mass is 555 g/mol. The lowest BCUT2D eigenvalue weighted by Crippen LogP contribution is -2.42. The number of carbonyl (C=O) groups is 1. The van der Waals surface area contributed by atoms with Crippen LogP contribution in [0.3, 0.4) is 0 Å². The van der Waals surface area contributed by atoms with Gasteiger partial charge < -0.3 is 10.2 Å². The minimum atomic E-state index is -0.522. The Morgan fingerprint density at radius 1 is 0.952 bits per heavy atom. The second-order valence-corrected chi connectivity index (χ2v) is 10.4. The number of nitrogens with one attached hydrogen (secondary N) is 1. The van der Waals surface area contributed by atoms with E-state index in [1.165, 1.54) is 0 Å². The topological polar surface area (TPSA) is 91.0 Å². The number of rotatable bonds is 8. The van der Waals surface area contributed by atoms with Crippen molar-refractivity contribution in [2.24, 2.45) is 0 Å². The van der Waals surface area contributed by atoms with E-state index in [9.17, 15) is 14.9 Å². The van der Waals surface area contributed by atoms with Crippen LogP contribution in [0.4, 0.5) is 10.5 Å². The number of aromatic nitrogens is 2. The number of para-hydroxylation sites is 1. The molecule has 210 valence electrons. The summed E-state index contributed by atoms with van der Waals surface area (Å²) in [6.07, 6.45) is 1.14. The van der Waals surface area contributed by atoms with Gasteiger partial charge in [-0.05, 0) is 85.8 Å². The Kier molecular flexibility index (Phi) is 8.44. The van der Waals surface area contributed by atoms with Gasteiger partial charge in [0.25, 0.3) is 5.56 Å². The fourth-order valence-electron chi connectivity index (χ4n) is 5.18. The number of aryl methyl sites for hydroxylation is 2. The van der Waals surface area contributed by atoms with E-state index in [0.717, 1.165) is 16.7 Å². The molecule has 1 N–H and O–H groups in total. The first-order valence-electron chi connectivity index (χ1n) is 14.1. The van der Waals surface area contributed by atoms with Crippen molar-refractivity contribution in [1.29, 1.82) is 5.26 Å². The molecular weight excluding hydrogens is 522 g/mol. The van der Waals surface area contributed by atoms with Gasteiger partial charge in [0, 0.05) is 12.2 Å². The summed E-state index contributed by atoms with van der Waals surface area (Å²) in [6.45, 7) is 6.44. The number of hydrogen-bond acceptors (Lipinski definition) is 4. The number of hydrogen-bond donors (Lipinski definition) is 1. The van der Waals surface area contributed by atoms with E-state index >= 15 is 0 Å². The van der Waals surface area contributed by atoms with Crippen LogP contribution in [0.15, 0.2) is 102 Å². The van der Waals surface area contributed by atoms with Gasteiger partial charge in [0.1, 0.15) is 5.82 Å². The minimum absolute atomic E-state index is 0.178. The van der Waals surface area contributed by atoms with Gasteiger partial charge in [0.2, 0.25) is 0 Å². The summed E-state index contributed by atoms with van der Waals surface area (Å²) in [7, 11) is 0. The van der Waals surface area contributed by atoms with Crippen LogP contribution in [-0.4, -0.2) is 27.0 Å². The Labute approximate surface area is 245 Å². The normalized spacial score (nSPS) is 11.6. The highest BCUT2D eigenvalue weighted by molar-refractivity contribution is 5.90. The van der Waals surface area contributed by atoms with E-state index in [1.54, 1.807) is 39.8 Å². The maximum absolute atomic E-state index is 14.1. The molecule has 7 nitrogen and oxygen atoms in total. The van der Waals surface area contributed by atoms with E-state index in [1.807, 2.05) is 87.5 Å². The molecule has 0 bridgehead atoms. The van der Waals surface area contributed by atoms with Crippen LogP contribution < -0.4 is 10.9 Å². The van der Waals surface area contributed by atoms with Crippen LogP contribution in [0.5, 0.6) is 0 Å². The average molecular weight is 556 g/mol. The molecule has 0 spiro atoms. The van der Waals surface area contributed by atoms with E-state index in [0.29, 0.717) is 53.1 Å². The minimum Gasteiger partial charge on any atom is -0.314 e. The van der Waals surface area contributed by atoms with Gasteiger partial charge >= 0.3 is 6.03 Å². The molecule has 0 fully saturated rings. The highest BCUT2D eigenvalue weighted by Gasteiger charge is 2.29. The molecular formula is C35H33N5O2. The molecule has 0 aliphatic carbocycles. The fourth-order valence-corrected chi connectivity index (χ4v) is 5.18. The highest BCUT2D eigenvalue weighted by Crippen LogP contribution is 2.28. The molecule has 5 rings (SSSR count). The van der Waals surface area contributed by atoms with Crippen LogP contribution in [-0.2, 0) is 6.42 Å². The second-order valence-electron chi connectivity index (χ2n) is 10.4. The number of fused-ring (bicyclic) bond motifs is 1. The van der Waals surface area contributed by atoms with Crippen molar-refractivity contribution in [3.8, 4) is 11.8 Å². The van der Waals surface area contributed by atoms with E-state index in [-0.39, 0.29) is 11.6 Å². The zero-order chi connectivity index (χ0) is 29.6. The molecule has 4 aromatic carbocycles. The first-order chi connectivity index (χ1) is 20.4. The molecule has 0 saturated heterocycles. The summed E-state index contributed by atoms with van der Waals surface area (Å²) in [5.41, 5.74) is 5.37. The molecule has 0 radical (unpaired) electrons. The number of benzene rings is 4. The van der Waals surface area contributed by atoms with Gasteiger partial charge in [-0.15, -0.1) is 0 Å². The quantitative estimate of drug-likeness (QED) is 0.221. The lowest BCUT2D eigenvalue weighted by Gasteiger charge is -2.32. The summed E-state index contributed by atoms with van der Waals surface area (Å²) in [6, 6.07) is 31.3. The molecule has 1 aromatic heterocycles. The zero-order valence-corrected chi connectivity index (χ0v) is 24.0. The van der Waals surface area contributed by atoms with Crippen LogP contribution >= 0.6 is 0 Å². The zero-order valence-electron chi connectivity index (χ0n) is 24.0. The average Bonchev–Trinajstić information content (AvgIpc) is 3.01. The first-order valence-corrected chi connectivity index (χ1v) is 14.1. The Morgan fingerprint density at radius 3 is 2.45 bits per heavy atom. The molecule has 2 amide bonds. The molecule has 5 aromatic rings. The Bertz CT molecular complexity index is 1840. The summed E-state index contributed by atoms with van der Waals surface area (Å²) in [4.78, 5) is 34.9. The highest BCUT2D eigenvalue weighted by atomic mass is 16.2. The third-order valence-electron chi connectivity index (χ3n) is 7.60. The van der Waals surface area contributed by atoms with Gasteiger partial charge in [-0.1, -0.05) is 61.5 Å². The number of nitriles is 1. The van der Waals surface area contributed by atoms with Gasteiger partial charge in [-0.3, -0.25) is 9.36 Å². The summed E-state index contributed by atoms with van der Waals surface area (Å²) in [5.74, 6) is 0.499. The van der Waals surface area contributed by atoms with Gasteiger partial charge in [0.05, 0.1) is 34.3 Å². The molecule has 0 aliphatic rings. The lowest BCUT2D eigenvalue weighted by molar-refractivity contribution is 0.182. The standard InChI is InChI=1S/C35H33N5O2/c1-4-32(33-38-31-16-9-8-15-30(31)34(41)40(33)29-18-17-24(2)25(3)21-29)39(20-19-26-11-6-5-7-12-26)35(42)37-28-14-10-13-27(22-28)23-36/h5-18,21-22,32H,4,19-20H2,1-3H3,(H,37,42). The summed E-state index contributed by atoms with van der Waals surface area (Å²) >= 11 is 0. The van der Waals surface area contributed by atoms with Crippen LogP contribution in [0.2, 0.25) is 0 Å². The smallest absolute Gasteiger partial charge is 0.314 e. The van der Waals surface area contributed by atoms with Crippen LogP contribution in [0.1, 0.15) is 47.5 Å². The predicted octanol–water partition coefficient (Wildman–Crippen LogP) is 7.10. The molecule has 7 heteroatoms. The van der Waals surface area contributed by atoms with E-state index in [2.05, 4.69) is 11.4 Å². The molecule has 1 atom stereocenters. The maximum atomic E-state index is 14.1. The van der Waals surface area contributed by atoms with Crippen molar-refractivity contribution in [3.63, 3.8) is 0 Å². The molecule has 1 unspecified atom stereocenters. The summed E-state index contributed by atoms with van der Waals surface area (Å²) < 4.78 is 1.65. The van der Waals surface area contributed by atoms with Crippen molar-refractivity contribution in [1.82, 2.24) is 14.5 Å². The van der Waals surface area contributed by atoms with Crippen molar-refractivity contribution < 1.29 is 4.79 Å². The first kappa shape index (κ1) is 28.3. The van der Waals surface area contributed by atoms with Crippen molar-refractivity contribution >= 4 is 22.6 Å². The molecule has 0 saturated carbocycles. The van der Waals surface area contributed by atoms with Gasteiger partial charge in [0.15, 0.2) is 0 Å². The number of amides is 2. The van der Waals surface area contributed by atoms with Gasteiger partial charge in [-0.2, -0.15) is 5.26 Å². The van der Waals surface area contributed by atoms with Crippen LogP contribution in [0.25, 0.3) is 16.6 Å². The van der Waals surface area contributed by atoms with Crippen molar-refractivity contribution in [2.75, 3.05) is 11.9 Å². The SMILES string of the molecule is CCC(c1nc2ccccc2c(=O)n1-c1ccc(C)c(C)c1)N(CCc1ccccc1)C(=O)Nc1cccc(C#N)c1.